The maximum absolute atomic E-state index is 7.08. The number of hydrogen-bond acceptors (Lipinski definition) is 3. The smallest absolute Gasteiger partial charge is 0.203 e. The molecule has 0 aliphatic heterocycles. The molecule has 4 unspecified atom stereocenters. The van der Waals surface area contributed by atoms with Crippen LogP contribution in [0.4, 0.5) is 0 Å². The van der Waals surface area contributed by atoms with Crippen molar-refractivity contribution in [2.45, 2.75) is 89.8 Å². The molecule has 1 aliphatic carbocycles. The molecule has 0 N–H and O–H groups in total. The van der Waals surface area contributed by atoms with Gasteiger partial charge in [0.25, 0.3) is 0 Å². The third kappa shape index (κ3) is 4.72. The van der Waals surface area contributed by atoms with Crippen LogP contribution in [0.1, 0.15) is 72.5 Å². The minimum atomic E-state index is -2.00. The lowest BCUT2D eigenvalue weighted by atomic mass is 9.86. The van der Waals surface area contributed by atoms with Crippen LogP contribution in [0.15, 0.2) is 30.3 Å². The maximum atomic E-state index is 7.08. The minimum absolute atomic E-state index is 0.100. The average molecular weight is 407 g/mol. The summed E-state index contributed by atoms with van der Waals surface area (Å²) in [4.78, 5) is 0. The van der Waals surface area contributed by atoms with Crippen molar-refractivity contribution in [3.05, 3.63) is 35.9 Å². The van der Waals surface area contributed by atoms with Gasteiger partial charge in [0.1, 0.15) is 0 Å². The van der Waals surface area contributed by atoms with Crippen molar-refractivity contribution in [2.24, 2.45) is 11.8 Å². The normalized spacial score (nSPS) is 23.0. The Kier molecular flexibility index (Phi) is 8.74. The molecule has 1 fully saturated rings. The highest BCUT2D eigenvalue weighted by Crippen LogP contribution is 2.48. The molecule has 0 heterocycles. The first kappa shape index (κ1) is 23.6. The van der Waals surface area contributed by atoms with Gasteiger partial charge in [-0.1, -0.05) is 78.3 Å². The van der Waals surface area contributed by atoms with E-state index in [1.165, 1.54) is 18.4 Å². The zero-order chi connectivity index (χ0) is 20.9. The molecule has 0 spiro atoms. The van der Waals surface area contributed by atoms with Crippen LogP contribution in [-0.2, 0) is 13.9 Å². The molecule has 0 amide bonds. The Bertz CT molecular complexity index is 551. The molecule has 2 rings (SSSR count). The molecule has 1 saturated carbocycles. The quantitative estimate of drug-likeness (QED) is 0.310. The van der Waals surface area contributed by atoms with E-state index < -0.39 is 8.32 Å². The molecule has 28 heavy (non-hydrogen) atoms. The van der Waals surface area contributed by atoms with Crippen LogP contribution in [0.25, 0.3) is 0 Å². The Balaban J connectivity index is 2.31. The summed E-state index contributed by atoms with van der Waals surface area (Å²) in [5, 5.41) is 0. The summed E-state index contributed by atoms with van der Waals surface area (Å²) in [5.74, 6) is 0.800. The summed E-state index contributed by atoms with van der Waals surface area (Å²) in [5.41, 5.74) is 2.92. The molecule has 4 atom stereocenters. The third-order valence-electron chi connectivity index (χ3n) is 7.01. The van der Waals surface area contributed by atoms with Gasteiger partial charge in [0, 0.05) is 20.1 Å². The molecule has 1 aliphatic rings. The predicted octanol–water partition coefficient (Wildman–Crippen LogP) is 6.96. The SMILES string of the molecule is COC(O[Si](C(C)C)(C(C)C)C(C)C)C1CCCC1C(OC)c1ccccc1. The van der Waals surface area contributed by atoms with Gasteiger partial charge in [-0.25, -0.2) is 0 Å². The number of ether oxygens (including phenoxy) is 2. The van der Waals surface area contributed by atoms with E-state index in [9.17, 15) is 0 Å². The van der Waals surface area contributed by atoms with Gasteiger partial charge >= 0.3 is 0 Å². The van der Waals surface area contributed by atoms with E-state index in [2.05, 4.69) is 71.9 Å². The molecule has 0 aromatic heterocycles. The minimum Gasteiger partial charge on any atom is -0.391 e. The van der Waals surface area contributed by atoms with Gasteiger partial charge in [-0.2, -0.15) is 0 Å². The number of rotatable bonds is 10. The Morgan fingerprint density at radius 2 is 1.32 bits per heavy atom. The fraction of sp³-hybridized carbons (Fsp3) is 0.750. The second-order valence-corrected chi connectivity index (χ2v) is 14.8. The second-order valence-electron chi connectivity index (χ2n) is 9.37. The van der Waals surface area contributed by atoms with Crippen molar-refractivity contribution >= 4 is 8.32 Å². The zero-order valence-corrected chi connectivity index (χ0v) is 20.3. The summed E-state index contributed by atoms with van der Waals surface area (Å²) >= 11 is 0. The summed E-state index contributed by atoms with van der Waals surface area (Å²) < 4.78 is 19.2. The van der Waals surface area contributed by atoms with E-state index in [1.54, 1.807) is 0 Å². The van der Waals surface area contributed by atoms with Gasteiger partial charge in [-0.3, -0.25) is 0 Å². The molecule has 0 radical (unpaired) electrons. The summed E-state index contributed by atoms with van der Waals surface area (Å²) in [6.07, 6.45) is 3.48. The number of hydrogen-bond donors (Lipinski definition) is 0. The van der Waals surface area contributed by atoms with Crippen molar-refractivity contribution in [3.8, 4) is 0 Å². The topological polar surface area (TPSA) is 27.7 Å². The lowest BCUT2D eigenvalue weighted by molar-refractivity contribution is -0.127. The van der Waals surface area contributed by atoms with E-state index in [-0.39, 0.29) is 12.4 Å². The Morgan fingerprint density at radius 1 is 0.786 bits per heavy atom. The monoisotopic (exact) mass is 406 g/mol. The van der Waals surface area contributed by atoms with Crippen LogP contribution >= 0.6 is 0 Å². The highest BCUT2D eigenvalue weighted by Gasteiger charge is 2.50. The van der Waals surface area contributed by atoms with Gasteiger partial charge in [0.2, 0.25) is 8.32 Å². The molecule has 3 nitrogen and oxygen atoms in total. The Labute approximate surface area is 174 Å². The molecule has 0 bridgehead atoms. The lowest BCUT2D eigenvalue weighted by Crippen LogP contribution is -2.52. The van der Waals surface area contributed by atoms with Gasteiger partial charge < -0.3 is 13.9 Å². The Morgan fingerprint density at radius 3 is 1.79 bits per heavy atom. The average Bonchev–Trinajstić information content (AvgIpc) is 3.12. The predicted molar refractivity (Wildman–Crippen MR) is 120 cm³/mol. The van der Waals surface area contributed by atoms with Gasteiger partial charge in [-0.15, -0.1) is 0 Å². The van der Waals surface area contributed by atoms with E-state index in [1.807, 2.05) is 14.2 Å². The van der Waals surface area contributed by atoms with Crippen molar-refractivity contribution in [1.82, 2.24) is 0 Å². The van der Waals surface area contributed by atoms with Gasteiger partial charge in [-0.05, 0) is 40.9 Å². The summed E-state index contributed by atoms with van der Waals surface area (Å²) in [6.45, 7) is 14.0. The van der Waals surface area contributed by atoms with Crippen LogP contribution in [0, 0.1) is 11.8 Å². The molecular formula is C24H42O3Si. The van der Waals surface area contributed by atoms with Gasteiger partial charge in [0.05, 0.1) is 6.10 Å². The standard InChI is InChI=1S/C24H42O3Si/c1-17(2)28(18(3)4,19(5)6)27-24(26-8)22-16-12-15-21(22)23(25-7)20-13-10-9-11-14-20/h9-11,13-14,17-19,21-24H,12,15-16H2,1-8H3. The summed E-state index contributed by atoms with van der Waals surface area (Å²) in [7, 11) is 1.66. The van der Waals surface area contributed by atoms with Crippen molar-refractivity contribution in [1.29, 1.82) is 0 Å². The first-order valence-corrected chi connectivity index (χ1v) is 13.2. The molecule has 4 heteroatoms. The highest BCUT2D eigenvalue weighted by atomic mass is 28.4. The first-order valence-electron chi connectivity index (χ1n) is 11.1. The number of benzene rings is 1. The van der Waals surface area contributed by atoms with Gasteiger partial charge in [0.15, 0.2) is 6.29 Å². The molecular weight excluding hydrogens is 364 g/mol. The van der Waals surface area contributed by atoms with Crippen LogP contribution < -0.4 is 0 Å². The highest BCUT2D eigenvalue weighted by molar-refractivity contribution is 6.77. The van der Waals surface area contributed by atoms with E-state index in [0.717, 1.165) is 6.42 Å². The zero-order valence-electron chi connectivity index (χ0n) is 19.3. The summed E-state index contributed by atoms with van der Waals surface area (Å²) in [6, 6.07) is 10.6. The number of methoxy groups -OCH3 is 2. The largest absolute Gasteiger partial charge is 0.391 e. The van der Waals surface area contributed by atoms with E-state index >= 15 is 0 Å². The molecule has 160 valence electrons. The third-order valence-corrected chi connectivity index (χ3v) is 13.1. The molecule has 0 saturated heterocycles. The van der Waals surface area contributed by atoms with Crippen LogP contribution in [-0.4, -0.2) is 28.8 Å². The van der Waals surface area contributed by atoms with E-state index in [4.69, 9.17) is 13.9 Å². The maximum Gasteiger partial charge on any atom is 0.203 e. The van der Waals surface area contributed by atoms with E-state index in [0.29, 0.717) is 28.5 Å². The lowest BCUT2D eigenvalue weighted by Gasteiger charge is -2.46. The molecule has 1 aromatic carbocycles. The van der Waals surface area contributed by atoms with Crippen molar-refractivity contribution < 1.29 is 13.9 Å². The van der Waals surface area contributed by atoms with Crippen molar-refractivity contribution in [2.75, 3.05) is 14.2 Å². The second kappa shape index (κ2) is 10.4. The van der Waals surface area contributed by atoms with Crippen molar-refractivity contribution in [3.63, 3.8) is 0 Å². The van der Waals surface area contributed by atoms with Crippen LogP contribution in [0.3, 0.4) is 0 Å². The van der Waals surface area contributed by atoms with Crippen LogP contribution in [0.2, 0.25) is 16.6 Å². The fourth-order valence-corrected chi connectivity index (χ4v) is 11.3. The van der Waals surface area contributed by atoms with Crippen LogP contribution in [0.5, 0.6) is 0 Å². The first-order chi connectivity index (χ1) is 13.3. The Hall–Kier alpha value is -0.683. The fourth-order valence-electron chi connectivity index (χ4n) is 5.85. The molecule has 1 aromatic rings.